The maximum Gasteiger partial charge on any atom is 0.229 e. The van der Waals surface area contributed by atoms with E-state index in [-0.39, 0.29) is 0 Å². The van der Waals surface area contributed by atoms with Gasteiger partial charge in [-0.3, -0.25) is 0 Å². The monoisotopic (exact) mass is 170 g/mol. The quantitative estimate of drug-likeness (QED) is 0.511. The summed E-state index contributed by atoms with van der Waals surface area (Å²) in [4.78, 5) is 4.10. The third kappa shape index (κ3) is 2.38. The highest BCUT2D eigenvalue weighted by Crippen LogP contribution is 2.09. The summed E-state index contributed by atoms with van der Waals surface area (Å²) in [6.07, 6.45) is 5.43. The zero-order valence-electron chi connectivity index (χ0n) is 6.41. The SMILES string of the molecule is C=CCCc1nc(SC)no1. The molecule has 0 spiro atoms. The Morgan fingerprint density at radius 3 is 3.09 bits per heavy atom. The first-order valence-corrected chi connectivity index (χ1v) is 4.56. The molecule has 0 N–H and O–H groups in total. The highest BCUT2D eigenvalue weighted by Gasteiger charge is 2.02. The lowest BCUT2D eigenvalue weighted by atomic mass is 10.3. The second-order valence-electron chi connectivity index (χ2n) is 2.00. The summed E-state index contributed by atoms with van der Waals surface area (Å²) in [6.45, 7) is 3.61. The number of rotatable bonds is 4. The molecular weight excluding hydrogens is 160 g/mol. The Morgan fingerprint density at radius 2 is 2.55 bits per heavy atom. The molecule has 1 aromatic rings. The first kappa shape index (κ1) is 8.33. The molecule has 0 radical (unpaired) electrons. The van der Waals surface area contributed by atoms with Gasteiger partial charge in [0.1, 0.15) is 0 Å². The van der Waals surface area contributed by atoms with Gasteiger partial charge in [-0.05, 0) is 12.7 Å². The van der Waals surface area contributed by atoms with Crippen LogP contribution in [-0.2, 0) is 6.42 Å². The topological polar surface area (TPSA) is 38.9 Å². The van der Waals surface area contributed by atoms with Crippen LogP contribution in [0.4, 0.5) is 0 Å². The average Bonchev–Trinajstić information content (AvgIpc) is 2.48. The van der Waals surface area contributed by atoms with Gasteiger partial charge in [0.25, 0.3) is 0 Å². The molecule has 0 atom stereocenters. The predicted molar refractivity (Wildman–Crippen MR) is 44.6 cm³/mol. The van der Waals surface area contributed by atoms with Crippen molar-refractivity contribution in [1.29, 1.82) is 0 Å². The van der Waals surface area contributed by atoms with Crippen LogP contribution >= 0.6 is 11.8 Å². The van der Waals surface area contributed by atoms with E-state index < -0.39 is 0 Å². The Morgan fingerprint density at radius 1 is 1.73 bits per heavy atom. The lowest BCUT2D eigenvalue weighted by Crippen LogP contribution is -1.81. The zero-order chi connectivity index (χ0) is 8.10. The number of hydrogen-bond acceptors (Lipinski definition) is 4. The summed E-state index contributed by atoms with van der Waals surface area (Å²) in [5, 5.41) is 4.43. The Bertz CT molecular complexity index is 234. The van der Waals surface area contributed by atoms with Crippen molar-refractivity contribution < 1.29 is 4.52 Å². The second-order valence-corrected chi connectivity index (χ2v) is 2.78. The normalized spacial score (nSPS) is 9.91. The van der Waals surface area contributed by atoms with E-state index in [2.05, 4.69) is 16.7 Å². The van der Waals surface area contributed by atoms with Gasteiger partial charge >= 0.3 is 0 Å². The van der Waals surface area contributed by atoms with Crippen molar-refractivity contribution in [2.45, 2.75) is 18.0 Å². The minimum absolute atomic E-state index is 0.689. The fourth-order valence-electron chi connectivity index (χ4n) is 0.649. The lowest BCUT2D eigenvalue weighted by Gasteiger charge is -1.84. The van der Waals surface area contributed by atoms with Crippen LogP contribution in [0.2, 0.25) is 0 Å². The predicted octanol–water partition coefficient (Wildman–Crippen LogP) is 1.91. The first-order chi connectivity index (χ1) is 5.36. The number of thioether (sulfide) groups is 1. The van der Waals surface area contributed by atoms with Gasteiger partial charge in [-0.1, -0.05) is 23.0 Å². The molecule has 0 aliphatic rings. The van der Waals surface area contributed by atoms with Crippen LogP contribution in [0.25, 0.3) is 0 Å². The Kier molecular flexibility index (Phi) is 3.16. The van der Waals surface area contributed by atoms with E-state index in [0.717, 1.165) is 12.8 Å². The van der Waals surface area contributed by atoms with Gasteiger partial charge in [0.05, 0.1) is 0 Å². The van der Waals surface area contributed by atoms with Gasteiger partial charge in [0.15, 0.2) is 0 Å². The molecule has 0 bridgehead atoms. The molecule has 1 rings (SSSR count). The fraction of sp³-hybridized carbons (Fsp3) is 0.429. The molecule has 0 aliphatic heterocycles. The van der Waals surface area contributed by atoms with Crippen LogP contribution in [0.15, 0.2) is 22.3 Å². The summed E-state index contributed by atoms with van der Waals surface area (Å²) < 4.78 is 4.93. The van der Waals surface area contributed by atoms with E-state index in [1.807, 2.05) is 12.3 Å². The molecular formula is C7H10N2OS. The minimum Gasteiger partial charge on any atom is -0.338 e. The number of aromatic nitrogens is 2. The molecule has 1 aromatic heterocycles. The van der Waals surface area contributed by atoms with E-state index >= 15 is 0 Å². The summed E-state index contributed by atoms with van der Waals surface area (Å²) in [5.74, 6) is 0.689. The van der Waals surface area contributed by atoms with Crippen molar-refractivity contribution in [2.75, 3.05) is 6.26 Å². The van der Waals surface area contributed by atoms with Crippen molar-refractivity contribution in [3.8, 4) is 0 Å². The van der Waals surface area contributed by atoms with Gasteiger partial charge in [-0.25, -0.2) is 0 Å². The summed E-state index contributed by atoms with van der Waals surface area (Å²) in [5.41, 5.74) is 0. The third-order valence-electron chi connectivity index (χ3n) is 1.19. The van der Waals surface area contributed by atoms with Gasteiger partial charge in [0.2, 0.25) is 11.0 Å². The lowest BCUT2D eigenvalue weighted by molar-refractivity contribution is 0.369. The van der Waals surface area contributed by atoms with Crippen molar-refractivity contribution >= 4 is 11.8 Å². The first-order valence-electron chi connectivity index (χ1n) is 3.34. The van der Waals surface area contributed by atoms with Crippen molar-refractivity contribution in [3.63, 3.8) is 0 Å². The van der Waals surface area contributed by atoms with E-state index in [4.69, 9.17) is 4.52 Å². The number of nitrogens with zero attached hydrogens (tertiary/aromatic N) is 2. The Balaban J connectivity index is 2.50. The highest BCUT2D eigenvalue weighted by molar-refractivity contribution is 7.98. The smallest absolute Gasteiger partial charge is 0.229 e. The van der Waals surface area contributed by atoms with Crippen LogP contribution in [-0.4, -0.2) is 16.4 Å². The maximum atomic E-state index is 4.93. The second kappa shape index (κ2) is 4.18. The fourth-order valence-corrected chi connectivity index (χ4v) is 0.954. The minimum atomic E-state index is 0.689. The van der Waals surface area contributed by atoms with Gasteiger partial charge in [-0.2, -0.15) is 4.98 Å². The molecule has 0 saturated carbocycles. The standard InChI is InChI=1S/C7H10N2OS/c1-3-4-5-6-8-7(11-2)9-10-6/h3H,1,4-5H2,2H3. The van der Waals surface area contributed by atoms with Crippen molar-refractivity contribution in [2.24, 2.45) is 0 Å². The number of allylic oxidation sites excluding steroid dienone is 1. The molecule has 60 valence electrons. The summed E-state index contributed by atoms with van der Waals surface area (Å²) in [6, 6.07) is 0. The van der Waals surface area contributed by atoms with Crippen LogP contribution in [0.3, 0.4) is 0 Å². The Labute approximate surface area is 69.9 Å². The summed E-state index contributed by atoms with van der Waals surface area (Å²) >= 11 is 1.48. The van der Waals surface area contributed by atoms with Crippen LogP contribution in [0.1, 0.15) is 12.3 Å². The Hall–Kier alpha value is -0.770. The van der Waals surface area contributed by atoms with Crippen LogP contribution in [0, 0.1) is 0 Å². The zero-order valence-corrected chi connectivity index (χ0v) is 7.23. The third-order valence-corrected chi connectivity index (χ3v) is 1.73. The number of hydrogen-bond donors (Lipinski definition) is 0. The molecule has 0 amide bonds. The van der Waals surface area contributed by atoms with E-state index in [9.17, 15) is 0 Å². The molecule has 0 aromatic carbocycles. The molecule has 1 heterocycles. The molecule has 0 unspecified atom stereocenters. The molecule has 11 heavy (non-hydrogen) atoms. The van der Waals surface area contributed by atoms with E-state index in [0.29, 0.717) is 11.0 Å². The van der Waals surface area contributed by atoms with E-state index in [1.165, 1.54) is 11.8 Å². The largest absolute Gasteiger partial charge is 0.338 e. The maximum absolute atomic E-state index is 4.93. The molecule has 4 heteroatoms. The van der Waals surface area contributed by atoms with E-state index in [1.54, 1.807) is 0 Å². The molecule has 0 aliphatic carbocycles. The molecule has 3 nitrogen and oxygen atoms in total. The van der Waals surface area contributed by atoms with Crippen molar-refractivity contribution in [3.05, 3.63) is 18.5 Å². The van der Waals surface area contributed by atoms with Crippen molar-refractivity contribution in [1.82, 2.24) is 10.1 Å². The average molecular weight is 170 g/mol. The van der Waals surface area contributed by atoms with Gasteiger partial charge in [-0.15, -0.1) is 6.58 Å². The summed E-state index contributed by atoms with van der Waals surface area (Å²) in [7, 11) is 0. The van der Waals surface area contributed by atoms with Gasteiger partial charge in [0, 0.05) is 6.42 Å². The highest BCUT2D eigenvalue weighted by atomic mass is 32.2. The van der Waals surface area contributed by atoms with Crippen LogP contribution in [0.5, 0.6) is 0 Å². The van der Waals surface area contributed by atoms with Crippen LogP contribution < -0.4 is 0 Å². The molecule has 0 fully saturated rings. The number of aryl methyl sites for hydroxylation is 1. The van der Waals surface area contributed by atoms with Gasteiger partial charge < -0.3 is 4.52 Å². The molecule has 0 saturated heterocycles.